The molecule has 1 fully saturated rings. The standard InChI is InChI=1S/C17H26N2O2/c1-12(2)21-15-4-3-14-11-19(17(20)16(14)9-15)10-13-5-7-18-8-6-13/h3-4,9,12-13,17-18,20H,5-8,10-11H2,1-2H3. The number of nitrogens with zero attached hydrogens (tertiary/aromatic N) is 1. The normalized spacial score (nSPS) is 23.5. The molecule has 1 saturated heterocycles. The van der Waals surface area contributed by atoms with Gasteiger partial charge in [0.15, 0.2) is 0 Å². The lowest BCUT2D eigenvalue weighted by molar-refractivity contribution is 0.000288. The summed E-state index contributed by atoms with van der Waals surface area (Å²) >= 11 is 0. The van der Waals surface area contributed by atoms with Crippen LogP contribution in [-0.2, 0) is 6.54 Å². The maximum atomic E-state index is 10.6. The van der Waals surface area contributed by atoms with Crippen molar-refractivity contribution in [2.75, 3.05) is 19.6 Å². The van der Waals surface area contributed by atoms with Gasteiger partial charge in [-0.15, -0.1) is 0 Å². The molecule has 4 heteroatoms. The number of aliphatic hydroxyl groups excluding tert-OH is 1. The summed E-state index contributed by atoms with van der Waals surface area (Å²) in [5.41, 5.74) is 2.25. The van der Waals surface area contributed by atoms with Gasteiger partial charge in [-0.25, -0.2) is 0 Å². The Kier molecular flexibility index (Phi) is 4.48. The van der Waals surface area contributed by atoms with Gasteiger partial charge in [0, 0.05) is 18.7 Å². The highest BCUT2D eigenvalue weighted by Crippen LogP contribution is 2.35. The average Bonchev–Trinajstić information content (AvgIpc) is 2.76. The molecule has 2 N–H and O–H groups in total. The van der Waals surface area contributed by atoms with Crippen LogP contribution in [0.15, 0.2) is 18.2 Å². The van der Waals surface area contributed by atoms with Gasteiger partial charge in [0.2, 0.25) is 0 Å². The van der Waals surface area contributed by atoms with Crippen LogP contribution in [0.5, 0.6) is 5.75 Å². The number of rotatable bonds is 4. The van der Waals surface area contributed by atoms with Crippen LogP contribution in [0.3, 0.4) is 0 Å². The van der Waals surface area contributed by atoms with E-state index in [2.05, 4.69) is 16.3 Å². The van der Waals surface area contributed by atoms with Crippen molar-refractivity contribution >= 4 is 0 Å². The van der Waals surface area contributed by atoms with E-state index in [0.29, 0.717) is 5.92 Å². The Balaban J connectivity index is 1.68. The molecule has 1 aromatic carbocycles. The third-order valence-electron chi connectivity index (χ3n) is 4.44. The minimum atomic E-state index is -0.481. The summed E-state index contributed by atoms with van der Waals surface area (Å²) < 4.78 is 5.74. The highest BCUT2D eigenvalue weighted by molar-refractivity contribution is 5.39. The SMILES string of the molecule is CC(C)Oc1ccc2c(c1)C(O)N(CC1CCNCC1)C2. The molecule has 0 amide bonds. The van der Waals surface area contributed by atoms with E-state index >= 15 is 0 Å². The Hall–Kier alpha value is -1.10. The van der Waals surface area contributed by atoms with Crippen LogP contribution < -0.4 is 10.1 Å². The van der Waals surface area contributed by atoms with Crippen molar-refractivity contribution in [3.05, 3.63) is 29.3 Å². The average molecular weight is 290 g/mol. The third kappa shape index (κ3) is 3.39. The minimum Gasteiger partial charge on any atom is -0.491 e. The number of ether oxygens (including phenoxy) is 1. The molecule has 21 heavy (non-hydrogen) atoms. The first-order chi connectivity index (χ1) is 10.1. The van der Waals surface area contributed by atoms with Gasteiger partial charge in [-0.3, -0.25) is 4.90 Å². The van der Waals surface area contributed by atoms with Crippen LogP contribution >= 0.6 is 0 Å². The summed E-state index contributed by atoms with van der Waals surface area (Å²) in [7, 11) is 0. The first-order valence-corrected chi connectivity index (χ1v) is 8.06. The van der Waals surface area contributed by atoms with Gasteiger partial charge in [-0.1, -0.05) is 6.07 Å². The molecule has 0 aromatic heterocycles. The van der Waals surface area contributed by atoms with Crippen LogP contribution in [0.4, 0.5) is 0 Å². The lowest BCUT2D eigenvalue weighted by Crippen LogP contribution is -2.35. The molecule has 3 rings (SSSR count). The van der Waals surface area contributed by atoms with Crippen molar-refractivity contribution in [1.29, 1.82) is 0 Å². The zero-order chi connectivity index (χ0) is 14.8. The second-order valence-corrected chi connectivity index (χ2v) is 6.52. The molecule has 0 spiro atoms. The highest BCUT2D eigenvalue weighted by Gasteiger charge is 2.30. The summed E-state index contributed by atoms with van der Waals surface area (Å²) in [5.74, 6) is 1.55. The molecule has 2 aliphatic rings. The van der Waals surface area contributed by atoms with E-state index in [1.54, 1.807) is 0 Å². The van der Waals surface area contributed by atoms with Gasteiger partial charge in [-0.2, -0.15) is 0 Å². The molecule has 116 valence electrons. The van der Waals surface area contributed by atoms with E-state index in [1.807, 2.05) is 26.0 Å². The predicted octanol–water partition coefficient (Wildman–Crippen LogP) is 2.28. The van der Waals surface area contributed by atoms with Gasteiger partial charge < -0.3 is 15.2 Å². The molecule has 0 saturated carbocycles. The number of nitrogens with one attached hydrogen (secondary N) is 1. The summed E-state index contributed by atoms with van der Waals surface area (Å²) in [4.78, 5) is 2.19. The number of aliphatic hydroxyl groups is 1. The van der Waals surface area contributed by atoms with E-state index in [-0.39, 0.29) is 6.10 Å². The summed E-state index contributed by atoms with van der Waals surface area (Å²) in [5, 5.41) is 14.0. The Morgan fingerprint density at radius 3 is 2.81 bits per heavy atom. The highest BCUT2D eigenvalue weighted by atomic mass is 16.5. The minimum absolute atomic E-state index is 0.160. The summed E-state index contributed by atoms with van der Waals surface area (Å²) in [6.07, 6.45) is 2.10. The molecule has 0 radical (unpaired) electrons. The van der Waals surface area contributed by atoms with Crippen molar-refractivity contribution < 1.29 is 9.84 Å². The van der Waals surface area contributed by atoms with Crippen LogP contribution in [0.1, 0.15) is 44.0 Å². The number of fused-ring (bicyclic) bond motifs is 1. The maximum absolute atomic E-state index is 10.6. The fraction of sp³-hybridized carbons (Fsp3) is 0.647. The molecule has 2 aliphatic heterocycles. The van der Waals surface area contributed by atoms with E-state index < -0.39 is 6.23 Å². The second-order valence-electron chi connectivity index (χ2n) is 6.52. The number of hydrogen-bond acceptors (Lipinski definition) is 4. The molecule has 1 aromatic rings. The van der Waals surface area contributed by atoms with Crippen molar-refractivity contribution in [3.63, 3.8) is 0 Å². The molecule has 0 aliphatic carbocycles. The molecule has 2 heterocycles. The first-order valence-electron chi connectivity index (χ1n) is 8.06. The molecular formula is C17H26N2O2. The molecule has 1 unspecified atom stereocenters. The van der Waals surface area contributed by atoms with Crippen LogP contribution in [-0.4, -0.2) is 35.7 Å². The second kappa shape index (κ2) is 6.34. The van der Waals surface area contributed by atoms with Crippen molar-refractivity contribution in [1.82, 2.24) is 10.2 Å². The van der Waals surface area contributed by atoms with Crippen molar-refractivity contribution in [2.24, 2.45) is 5.92 Å². The number of benzene rings is 1. The summed E-state index contributed by atoms with van der Waals surface area (Å²) in [6, 6.07) is 6.11. The lowest BCUT2D eigenvalue weighted by atomic mass is 9.97. The zero-order valence-electron chi connectivity index (χ0n) is 13.0. The van der Waals surface area contributed by atoms with Crippen LogP contribution in [0.2, 0.25) is 0 Å². The zero-order valence-corrected chi connectivity index (χ0v) is 13.0. The van der Waals surface area contributed by atoms with E-state index in [1.165, 1.54) is 18.4 Å². The number of piperidine rings is 1. The van der Waals surface area contributed by atoms with Gasteiger partial charge in [0.25, 0.3) is 0 Å². The first kappa shape index (κ1) is 14.8. The molecule has 4 nitrogen and oxygen atoms in total. The van der Waals surface area contributed by atoms with Gasteiger partial charge >= 0.3 is 0 Å². The number of hydrogen-bond donors (Lipinski definition) is 2. The lowest BCUT2D eigenvalue weighted by Gasteiger charge is -2.29. The van der Waals surface area contributed by atoms with Gasteiger partial charge in [0.1, 0.15) is 12.0 Å². The van der Waals surface area contributed by atoms with E-state index in [0.717, 1.165) is 37.5 Å². The van der Waals surface area contributed by atoms with E-state index in [4.69, 9.17) is 4.74 Å². The monoisotopic (exact) mass is 290 g/mol. The topological polar surface area (TPSA) is 44.7 Å². The predicted molar refractivity (Wildman–Crippen MR) is 83.2 cm³/mol. The van der Waals surface area contributed by atoms with Gasteiger partial charge in [-0.05, 0) is 63.4 Å². The molecule has 0 bridgehead atoms. The largest absolute Gasteiger partial charge is 0.491 e. The fourth-order valence-corrected chi connectivity index (χ4v) is 3.37. The quantitative estimate of drug-likeness (QED) is 0.893. The van der Waals surface area contributed by atoms with Crippen LogP contribution in [0.25, 0.3) is 0 Å². The van der Waals surface area contributed by atoms with Crippen molar-refractivity contribution in [3.8, 4) is 5.75 Å². The fourth-order valence-electron chi connectivity index (χ4n) is 3.37. The van der Waals surface area contributed by atoms with E-state index in [9.17, 15) is 5.11 Å². The van der Waals surface area contributed by atoms with Crippen LogP contribution in [0, 0.1) is 5.92 Å². The molecule has 1 atom stereocenters. The van der Waals surface area contributed by atoms with Crippen molar-refractivity contribution in [2.45, 2.75) is 45.6 Å². The Bertz CT molecular complexity index is 484. The Labute approximate surface area is 127 Å². The Morgan fingerprint density at radius 1 is 1.33 bits per heavy atom. The Morgan fingerprint density at radius 2 is 2.10 bits per heavy atom. The third-order valence-corrected chi connectivity index (χ3v) is 4.44. The van der Waals surface area contributed by atoms with Gasteiger partial charge in [0.05, 0.1) is 6.10 Å². The molecular weight excluding hydrogens is 264 g/mol. The smallest absolute Gasteiger partial charge is 0.134 e. The summed E-state index contributed by atoms with van der Waals surface area (Å²) in [6.45, 7) is 8.09. The maximum Gasteiger partial charge on any atom is 0.134 e.